The molecule has 3 rings (SSSR count). The Bertz CT molecular complexity index is 1000. The van der Waals surface area contributed by atoms with Crippen molar-refractivity contribution in [3.05, 3.63) is 33.1 Å². The summed E-state index contributed by atoms with van der Waals surface area (Å²) in [4.78, 5) is 29.7. The molecular formula is C14H20ClN5O4S. The van der Waals surface area contributed by atoms with E-state index in [1.165, 1.54) is 28.2 Å². The van der Waals surface area contributed by atoms with Crippen molar-refractivity contribution in [3.8, 4) is 0 Å². The molecule has 2 N–H and O–H groups in total. The first-order valence-electron chi connectivity index (χ1n) is 7.62. The van der Waals surface area contributed by atoms with Crippen LogP contribution in [0.5, 0.6) is 0 Å². The molecule has 0 saturated carbocycles. The molecule has 2 aromatic heterocycles. The first kappa shape index (κ1) is 19.6. The first-order valence-corrected chi connectivity index (χ1v) is 9.06. The van der Waals surface area contributed by atoms with Crippen LogP contribution in [0.3, 0.4) is 0 Å². The number of hydrogen-bond acceptors (Lipinski definition) is 6. The highest BCUT2D eigenvalue weighted by Crippen LogP contribution is 2.26. The van der Waals surface area contributed by atoms with E-state index >= 15 is 0 Å². The van der Waals surface area contributed by atoms with Crippen molar-refractivity contribution >= 4 is 33.5 Å². The van der Waals surface area contributed by atoms with Gasteiger partial charge in [0.1, 0.15) is 10.5 Å². The smallest absolute Gasteiger partial charge is 0.318 e. The third-order valence-corrected chi connectivity index (χ3v) is 6.22. The second-order valence-corrected chi connectivity index (χ2v) is 7.72. The molecule has 1 fully saturated rings. The molecular weight excluding hydrogens is 370 g/mol. The molecule has 9 nitrogen and oxygen atoms in total. The van der Waals surface area contributed by atoms with E-state index in [2.05, 4.69) is 15.3 Å². The van der Waals surface area contributed by atoms with Crippen molar-refractivity contribution in [1.82, 2.24) is 24.2 Å². The Hall–Kier alpha value is -1.75. The fourth-order valence-electron chi connectivity index (χ4n) is 3.06. The lowest BCUT2D eigenvalue weighted by atomic mass is 10.2. The largest absolute Gasteiger partial charge is 0.329 e. The second-order valence-electron chi connectivity index (χ2n) is 5.83. The van der Waals surface area contributed by atoms with Crippen LogP contribution in [0.25, 0.3) is 11.0 Å². The number of halogens is 1. The number of sulfonamides is 1. The maximum absolute atomic E-state index is 12.9. The van der Waals surface area contributed by atoms with Crippen LogP contribution in [0.1, 0.15) is 12.8 Å². The summed E-state index contributed by atoms with van der Waals surface area (Å²) in [6.07, 6.45) is 2.78. The highest BCUT2D eigenvalue weighted by atomic mass is 35.5. The molecule has 11 heteroatoms. The van der Waals surface area contributed by atoms with Gasteiger partial charge in [0.2, 0.25) is 10.0 Å². The van der Waals surface area contributed by atoms with Crippen LogP contribution in [0.4, 0.5) is 0 Å². The molecule has 0 aliphatic carbocycles. The number of pyridine rings is 1. The number of nitrogens with one attached hydrogen (secondary N) is 2. The Balaban J connectivity index is 0.00000225. The van der Waals surface area contributed by atoms with Gasteiger partial charge >= 0.3 is 5.69 Å². The lowest BCUT2D eigenvalue weighted by Crippen LogP contribution is -2.40. The highest BCUT2D eigenvalue weighted by molar-refractivity contribution is 7.89. The molecule has 1 aliphatic heterocycles. The van der Waals surface area contributed by atoms with Crippen molar-refractivity contribution in [1.29, 1.82) is 0 Å². The second kappa shape index (κ2) is 7.24. The SMILES string of the molecule is CNCC1CCCN1S(=O)(=O)c1cnc2c(c1)c(=O)[nH]c(=O)n2C.Cl. The number of rotatable bonds is 4. The summed E-state index contributed by atoms with van der Waals surface area (Å²) in [6.45, 7) is 1.01. The van der Waals surface area contributed by atoms with Gasteiger partial charge in [-0.15, -0.1) is 12.4 Å². The fourth-order valence-corrected chi connectivity index (χ4v) is 4.72. The van der Waals surface area contributed by atoms with Crippen LogP contribution in [0.15, 0.2) is 26.7 Å². The van der Waals surface area contributed by atoms with Crippen LogP contribution in [0.2, 0.25) is 0 Å². The van der Waals surface area contributed by atoms with Crippen LogP contribution < -0.4 is 16.6 Å². The molecule has 1 saturated heterocycles. The van der Waals surface area contributed by atoms with E-state index < -0.39 is 21.3 Å². The van der Waals surface area contributed by atoms with Gasteiger partial charge in [0.15, 0.2) is 0 Å². The molecule has 0 radical (unpaired) electrons. The van der Waals surface area contributed by atoms with Gasteiger partial charge < -0.3 is 5.32 Å². The maximum Gasteiger partial charge on any atom is 0.329 e. The fraction of sp³-hybridized carbons (Fsp3) is 0.500. The van der Waals surface area contributed by atoms with E-state index in [4.69, 9.17) is 0 Å². The number of aromatic amines is 1. The number of hydrogen-bond donors (Lipinski definition) is 2. The summed E-state index contributed by atoms with van der Waals surface area (Å²) < 4.78 is 28.4. The average molecular weight is 390 g/mol. The molecule has 1 unspecified atom stereocenters. The molecule has 2 aromatic rings. The predicted molar refractivity (Wildman–Crippen MR) is 95.7 cm³/mol. The van der Waals surface area contributed by atoms with Gasteiger partial charge in [0.05, 0.1) is 5.39 Å². The predicted octanol–water partition coefficient (Wildman–Crippen LogP) is -0.584. The van der Waals surface area contributed by atoms with Gasteiger partial charge in [-0.05, 0) is 26.0 Å². The van der Waals surface area contributed by atoms with Crippen LogP contribution >= 0.6 is 12.4 Å². The molecule has 138 valence electrons. The van der Waals surface area contributed by atoms with E-state index in [1.807, 2.05) is 0 Å². The van der Waals surface area contributed by atoms with Gasteiger partial charge in [0, 0.05) is 32.4 Å². The zero-order valence-electron chi connectivity index (χ0n) is 13.9. The summed E-state index contributed by atoms with van der Waals surface area (Å²) in [5.41, 5.74) is -1.09. The monoisotopic (exact) mass is 389 g/mol. The summed E-state index contributed by atoms with van der Waals surface area (Å²) >= 11 is 0. The zero-order valence-corrected chi connectivity index (χ0v) is 15.5. The molecule has 1 atom stereocenters. The number of nitrogens with zero attached hydrogens (tertiary/aromatic N) is 3. The van der Waals surface area contributed by atoms with Crippen molar-refractivity contribution < 1.29 is 8.42 Å². The van der Waals surface area contributed by atoms with Crippen molar-refractivity contribution in [2.75, 3.05) is 20.1 Å². The Morgan fingerprint density at radius 2 is 2.12 bits per heavy atom. The van der Waals surface area contributed by atoms with Crippen molar-refractivity contribution in [2.45, 2.75) is 23.8 Å². The van der Waals surface area contributed by atoms with E-state index in [0.29, 0.717) is 13.1 Å². The molecule has 25 heavy (non-hydrogen) atoms. The number of aryl methyl sites for hydroxylation is 1. The Morgan fingerprint density at radius 3 is 2.80 bits per heavy atom. The van der Waals surface area contributed by atoms with E-state index in [9.17, 15) is 18.0 Å². The van der Waals surface area contributed by atoms with Gasteiger partial charge in [-0.25, -0.2) is 18.2 Å². The summed E-state index contributed by atoms with van der Waals surface area (Å²) in [7, 11) is -0.509. The van der Waals surface area contributed by atoms with Crippen molar-refractivity contribution in [3.63, 3.8) is 0 Å². The lowest BCUT2D eigenvalue weighted by Gasteiger charge is -2.23. The highest BCUT2D eigenvalue weighted by Gasteiger charge is 2.35. The number of likely N-dealkylation sites (N-methyl/N-ethyl adjacent to an activating group) is 1. The van der Waals surface area contributed by atoms with Crippen LogP contribution in [-0.4, -0.2) is 53.4 Å². The normalized spacial score (nSPS) is 18.4. The third kappa shape index (κ3) is 3.34. The number of H-pyrrole nitrogens is 1. The maximum atomic E-state index is 12.9. The summed E-state index contributed by atoms with van der Waals surface area (Å²) in [6, 6.07) is 1.17. The first-order chi connectivity index (χ1) is 11.4. The minimum atomic E-state index is -3.75. The Kier molecular flexibility index (Phi) is 5.67. The standard InChI is InChI=1S/C14H19N5O4S.ClH/c1-15-7-9-4-3-5-19(9)24(22,23)10-6-11-12(16-8-10)18(2)14(21)17-13(11)20;/h6,8-9,15H,3-5,7H2,1-2H3,(H,17,20,21);1H. The van der Waals surface area contributed by atoms with Crippen LogP contribution in [0, 0.1) is 0 Å². The lowest BCUT2D eigenvalue weighted by molar-refractivity contribution is 0.379. The van der Waals surface area contributed by atoms with E-state index in [0.717, 1.165) is 12.8 Å². The van der Waals surface area contributed by atoms with Crippen LogP contribution in [-0.2, 0) is 17.1 Å². The molecule has 0 aromatic carbocycles. The van der Waals surface area contributed by atoms with Gasteiger partial charge in [-0.2, -0.15) is 4.31 Å². The number of fused-ring (bicyclic) bond motifs is 1. The van der Waals surface area contributed by atoms with Crippen molar-refractivity contribution in [2.24, 2.45) is 7.05 Å². The van der Waals surface area contributed by atoms with Gasteiger partial charge in [-0.1, -0.05) is 0 Å². The molecule has 1 aliphatic rings. The quantitative estimate of drug-likeness (QED) is 0.722. The molecule has 0 bridgehead atoms. The Morgan fingerprint density at radius 1 is 1.40 bits per heavy atom. The minimum Gasteiger partial charge on any atom is -0.318 e. The van der Waals surface area contributed by atoms with E-state index in [1.54, 1.807) is 7.05 Å². The van der Waals surface area contributed by atoms with Gasteiger partial charge in [-0.3, -0.25) is 14.3 Å². The number of aromatic nitrogens is 3. The molecule has 3 heterocycles. The summed E-state index contributed by atoms with van der Waals surface area (Å²) in [5.74, 6) is 0. The van der Waals surface area contributed by atoms with Gasteiger partial charge in [0.25, 0.3) is 5.56 Å². The minimum absolute atomic E-state index is 0. The van der Waals surface area contributed by atoms with E-state index in [-0.39, 0.29) is 34.4 Å². The Labute approximate surface area is 150 Å². The average Bonchev–Trinajstić information content (AvgIpc) is 3.02. The molecule has 0 amide bonds. The topological polar surface area (TPSA) is 117 Å². The third-order valence-electron chi connectivity index (χ3n) is 4.30. The molecule has 0 spiro atoms. The summed E-state index contributed by atoms with van der Waals surface area (Å²) in [5, 5.41) is 3.07. The zero-order chi connectivity index (χ0) is 17.5.